The van der Waals surface area contributed by atoms with E-state index in [2.05, 4.69) is 10.6 Å². The monoisotopic (exact) mass is 355 g/mol. The molecule has 0 aliphatic rings. The van der Waals surface area contributed by atoms with Crippen molar-refractivity contribution in [3.63, 3.8) is 0 Å². The molecule has 2 aromatic rings. The highest BCUT2D eigenvalue weighted by molar-refractivity contribution is 6.03. The fourth-order valence-electron chi connectivity index (χ4n) is 2.27. The number of hydrogen-bond donors (Lipinski definition) is 2. The lowest BCUT2D eigenvalue weighted by Crippen LogP contribution is -2.30. The number of carbonyl (C=O) groups is 2. The first kappa shape index (κ1) is 19.5. The van der Waals surface area contributed by atoms with Gasteiger partial charge in [0, 0.05) is 12.2 Å². The molecule has 0 aliphatic carbocycles. The van der Waals surface area contributed by atoms with Gasteiger partial charge in [-0.1, -0.05) is 18.2 Å². The molecular weight excluding hydrogens is 330 g/mol. The summed E-state index contributed by atoms with van der Waals surface area (Å²) < 4.78 is 5.69. The summed E-state index contributed by atoms with van der Waals surface area (Å²) in [5.41, 5.74) is 0.621. The summed E-state index contributed by atoms with van der Waals surface area (Å²) in [4.78, 5) is 25.7. The zero-order chi connectivity index (χ0) is 18.8. The molecule has 0 heterocycles. The lowest BCUT2D eigenvalue weighted by Gasteiger charge is -2.10. The normalized spacial score (nSPS) is 10.4. The number of rotatable bonds is 9. The van der Waals surface area contributed by atoms with E-state index in [1.165, 1.54) is 0 Å². The molecule has 0 saturated heterocycles. The molecule has 0 aromatic heterocycles. The minimum absolute atomic E-state index is 0.190. The van der Waals surface area contributed by atoms with Crippen LogP contribution in [-0.4, -0.2) is 43.9 Å². The Bertz CT molecular complexity index is 700. The highest BCUT2D eigenvalue weighted by Gasteiger charge is 2.09. The molecular formula is C20H25N3O3. The average molecular weight is 355 g/mol. The van der Waals surface area contributed by atoms with Gasteiger partial charge in [-0.3, -0.25) is 9.59 Å². The minimum Gasteiger partial charge on any atom is -0.457 e. The van der Waals surface area contributed by atoms with E-state index >= 15 is 0 Å². The van der Waals surface area contributed by atoms with E-state index in [1.54, 1.807) is 24.3 Å². The van der Waals surface area contributed by atoms with Crippen molar-refractivity contribution >= 4 is 17.5 Å². The van der Waals surface area contributed by atoms with Gasteiger partial charge in [0.1, 0.15) is 17.9 Å². The summed E-state index contributed by atoms with van der Waals surface area (Å²) in [6, 6.07) is 16.5. The van der Waals surface area contributed by atoms with Crippen molar-refractivity contribution in [2.45, 2.75) is 12.8 Å². The Hall–Kier alpha value is -2.86. The van der Waals surface area contributed by atoms with E-state index in [-0.39, 0.29) is 18.2 Å². The van der Waals surface area contributed by atoms with E-state index in [4.69, 9.17) is 4.74 Å². The smallest absolute Gasteiger partial charge is 0.233 e. The molecule has 0 unspecified atom stereocenters. The molecule has 2 amide bonds. The number of carbonyl (C=O) groups excluding carboxylic acids is 2. The van der Waals surface area contributed by atoms with Crippen LogP contribution in [0.3, 0.4) is 0 Å². The molecule has 0 saturated carbocycles. The summed E-state index contributed by atoms with van der Waals surface area (Å²) in [7, 11) is 3.96. The van der Waals surface area contributed by atoms with Crippen molar-refractivity contribution in [3.8, 4) is 11.5 Å². The average Bonchev–Trinajstić information content (AvgIpc) is 2.61. The van der Waals surface area contributed by atoms with Gasteiger partial charge in [0.25, 0.3) is 0 Å². The maximum Gasteiger partial charge on any atom is 0.233 e. The molecule has 0 atom stereocenters. The highest BCUT2D eigenvalue weighted by Crippen LogP contribution is 2.22. The second-order valence-corrected chi connectivity index (χ2v) is 6.17. The third kappa shape index (κ3) is 7.36. The maximum atomic E-state index is 11.9. The van der Waals surface area contributed by atoms with Crippen LogP contribution in [-0.2, 0) is 9.59 Å². The zero-order valence-electron chi connectivity index (χ0n) is 15.2. The first-order chi connectivity index (χ1) is 12.5. The quantitative estimate of drug-likeness (QED) is 0.536. The summed E-state index contributed by atoms with van der Waals surface area (Å²) >= 11 is 0. The molecule has 2 aromatic carbocycles. The van der Waals surface area contributed by atoms with Crippen molar-refractivity contribution in [2.24, 2.45) is 0 Å². The fourth-order valence-corrected chi connectivity index (χ4v) is 2.27. The van der Waals surface area contributed by atoms with Crippen LogP contribution < -0.4 is 15.4 Å². The Morgan fingerprint density at radius 2 is 1.58 bits per heavy atom. The van der Waals surface area contributed by atoms with Gasteiger partial charge in [0.15, 0.2) is 0 Å². The van der Waals surface area contributed by atoms with Gasteiger partial charge >= 0.3 is 0 Å². The highest BCUT2D eigenvalue weighted by atomic mass is 16.5. The predicted molar refractivity (Wildman–Crippen MR) is 102 cm³/mol. The number of anilines is 1. The largest absolute Gasteiger partial charge is 0.457 e. The molecule has 26 heavy (non-hydrogen) atoms. The third-order valence-corrected chi connectivity index (χ3v) is 3.54. The number of hydrogen-bond acceptors (Lipinski definition) is 4. The predicted octanol–water partition coefficient (Wildman–Crippen LogP) is 2.88. The molecule has 2 rings (SSSR count). The van der Waals surface area contributed by atoms with Gasteiger partial charge < -0.3 is 20.3 Å². The lowest BCUT2D eigenvalue weighted by molar-refractivity contribution is -0.126. The van der Waals surface area contributed by atoms with Gasteiger partial charge in [-0.15, -0.1) is 0 Å². The fraction of sp³-hybridized carbons (Fsp3) is 0.300. The molecule has 0 bridgehead atoms. The molecule has 0 aliphatic heterocycles. The Morgan fingerprint density at radius 1 is 0.923 bits per heavy atom. The van der Waals surface area contributed by atoms with Crippen LogP contribution in [0.15, 0.2) is 54.6 Å². The van der Waals surface area contributed by atoms with Gasteiger partial charge in [0.05, 0.1) is 0 Å². The van der Waals surface area contributed by atoms with Crippen molar-refractivity contribution < 1.29 is 14.3 Å². The van der Waals surface area contributed by atoms with E-state index in [9.17, 15) is 9.59 Å². The Kier molecular flexibility index (Phi) is 7.64. The van der Waals surface area contributed by atoms with Gasteiger partial charge in [0.2, 0.25) is 11.8 Å². The second-order valence-electron chi connectivity index (χ2n) is 6.17. The van der Waals surface area contributed by atoms with Gasteiger partial charge in [-0.2, -0.15) is 0 Å². The standard InChI is InChI=1S/C20H25N3O3/c1-23(2)14-6-13-21-19(24)15-20(25)22-16-9-11-18(12-10-16)26-17-7-4-3-5-8-17/h3-5,7-12H,6,13-15H2,1-2H3,(H,21,24)(H,22,25). The number of amides is 2. The first-order valence-electron chi connectivity index (χ1n) is 8.57. The van der Waals surface area contributed by atoms with Crippen molar-refractivity contribution in [2.75, 3.05) is 32.5 Å². The van der Waals surface area contributed by atoms with Crippen LogP contribution in [0.4, 0.5) is 5.69 Å². The first-order valence-corrected chi connectivity index (χ1v) is 8.57. The van der Waals surface area contributed by atoms with Crippen molar-refractivity contribution in [1.82, 2.24) is 10.2 Å². The summed E-state index contributed by atoms with van der Waals surface area (Å²) in [5.74, 6) is 0.806. The topological polar surface area (TPSA) is 70.7 Å². The zero-order valence-corrected chi connectivity index (χ0v) is 15.2. The summed E-state index contributed by atoms with van der Waals surface area (Å²) in [6.07, 6.45) is 0.660. The van der Waals surface area contributed by atoms with Crippen LogP contribution >= 0.6 is 0 Å². The Labute approximate surface area is 154 Å². The van der Waals surface area contributed by atoms with Crippen LogP contribution in [0.5, 0.6) is 11.5 Å². The third-order valence-electron chi connectivity index (χ3n) is 3.54. The molecule has 2 N–H and O–H groups in total. The second kappa shape index (κ2) is 10.2. The number of para-hydroxylation sites is 1. The van der Waals surface area contributed by atoms with Crippen LogP contribution in [0.25, 0.3) is 0 Å². The maximum absolute atomic E-state index is 11.9. The minimum atomic E-state index is -0.341. The number of benzene rings is 2. The molecule has 0 radical (unpaired) electrons. The molecule has 6 nitrogen and oxygen atoms in total. The number of ether oxygens (including phenoxy) is 1. The van der Waals surface area contributed by atoms with E-state index < -0.39 is 0 Å². The molecule has 138 valence electrons. The summed E-state index contributed by atoms with van der Waals surface area (Å²) in [5, 5.41) is 5.45. The van der Waals surface area contributed by atoms with Crippen molar-refractivity contribution in [3.05, 3.63) is 54.6 Å². The molecule has 0 fully saturated rings. The van der Waals surface area contributed by atoms with Crippen molar-refractivity contribution in [1.29, 1.82) is 0 Å². The molecule has 0 spiro atoms. The number of nitrogens with one attached hydrogen (secondary N) is 2. The van der Waals surface area contributed by atoms with Crippen LogP contribution in [0.2, 0.25) is 0 Å². The van der Waals surface area contributed by atoms with Crippen LogP contribution in [0, 0.1) is 0 Å². The van der Waals surface area contributed by atoms with E-state index in [0.29, 0.717) is 18.0 Å². The molecule has 6 heteroatoms. The van der Waals surface area contributed by atoms with Crippen LogP contribution in [0.1, 0.15) is 12.8 Å². The SMILES string of the molecule is CN(C)CCCNC(=O)CC(=O)Nc1ccc(Oc2ccccc2)cc1. The van der Waals surface area contributed by atoms with Gasteiger partial charge in [-0.05, 0) is 63.5 Å². The van der Waals surface area contributed by atoms with E-state index in [1.807, 2.05) is 49.3 Å². The lowest BCUT2D eigenvalue weighted by atomic mass is 10.2. The number of nitrogens with zero attached hydrogens (tertiary/aromatic N) is 1. The Morgan fingerprint density at radius 3 is 2.23 bits per heavy atom. The Balaban J connectivity index is 1.74. The summed E-state index contributed by atoms with van der Waals surface area (Å²) in [6.45, 7) is 1.46. The van der Waals surface area contributed by atoms with E-state index in [0.717, 1.165) is 18.7 Å². The van der Waals surface area contributed by atoms with Gasteiger partial charge in [-0.25, -0.2) is 0 Å².